The Bertz CT molecular complexity index is 556. The van der Waals surface area contributed by atoms with Gasteiger partial charge in [-0.3, -0.25) is 0 Å². The van der Waals surface area contributed by atoms with Gasteiger partial charge in [-0.2, -0.15) is 0 Å². The van der Waals surface area contributed by atoms with Crippen LogP contribution in [-0.4, -0.2) is 26.6 Å². The Morgan fingerprint density at radius 1 is 1.39 bits per heavy atom. The van der Waals surface area contributed by atoms with Crippen molar-refractivity contribution >= 4 is 5.82 Å². The second-order valence-corrected chi connectivity index (χ2v) is 4.56. The van der Waals surface area contributed by atoms with Gasteiger partial charge in [0, 0.05) is 38.0 Å². The molecule has 1 aliphatic rings. The van der Waals surface area contributed by atoms with Crippen LogP contribution in [0.4, 0.5) is 5.82 Å². The average Bonchev–Trinajstić information content (AvgIpc) is 3.15. The number of nitrogens with one attached hydrogen (secondary N) is 1. The van der Waals surface area contributed by atoms with Gasteiger partial charge in [-0.25, -0.2) is 15.0 Å². The number of hydrogen-bond acceptors (Lipinski definition) is 4. The Kier molecular flexibility index (Phi) is 2.74. The van der Waals surface area contributed by atoms with E-state index in [0.717, 1.165) is 29.7 Å². The van der Waals surface area contributed by atoms with Gasteiger partial charge in [-0.1, -0.05) is 0 Å². The van der Waals surface area contributed by atoms with Gasteiger partial charge >= 0.3 is 0 Å². The molecule has 1 fully saturated rings. The predicted molar refractivity (Wildman–Crippen MR) is 70.4 cm³/mol. The molecule has 0 spiro atoms. The van der Waals surface area contributed by atoms with Crippen molar-refractivity contribution in [2.24, 2.45) is 0 Å². The van der Waals surface area contributed by atoms with E-state index < -0.39 is 0 Å². The van der Waals surface area contributed by atoms with Crippen molar-refractivity contribution in [3.8, 4) is 11.5 Å². The molecule has 18 heavy (non-hydrogen) atoms. The highest BCUT2D eigenvalue weighted by molar-refractivity contribution is 5.56. The van der Waals surface area contributed by atoms with Gasteiger partial charge in [0.05, 0.1) is 0 Å². The molecule has 1 aliphatic carbocycles. The summed E-state index contributed by atoms with van der Waals surface area (Å²) in [6.07, 6.45) is 6.20. The molecule has 0 atom stereocenters. The summed E-state index contributed by atoms with van der Waals surface area (Å²) in [7, 11) is 1.88. The van der Waals surface area contributed by atoms with Crippen LogP contribution in [0.3, 0.4) is 0 Å². The van der Waals surface area contributed by atoms with Crippen LogP contribution in [0.15, 0.2) is 18.5 Å². The summed E-state index contributed by atoms with van der Waals surface area (Å²) in [5.74, 6) is 3.27. The molecular formula is C13H17N5. The van der Waals surface area contributed by atoms with Crippen LogP contribution in [-0.2, 0) is 6.54 Å². The first-order valence-corrected chi connectivity index (χ1v) is 6.40. The van der Waals surface area contributed by atoms with Crippen molar-refractivity contribution in [3.05, 3.63) is 24.3 Å². The fraction of sp³-hybridized carbons (Fsp3) is 0.462. The summed E-state index contributed by atoms with van der Waals surface area (Å²) in [5, 5.41) is 3.10. The van der Waals surface area contributed by atoms with Crippen LogP contribution in [0.2, 0.25) is 0 Å². The monoisotopic (exact) mass is 243 g/mol. The number of imidazole rings is 1. The zero-order chi connectivity index (χ0) is 12.5. The Labute approximate surface area is 106 Å². The first-order chi connectivity index (χ1) is 8.81. The standard InChI is InChI=1S/C13H17N5/c1-3-18-7-6-15-13(18)10-8-11(14-2)17-12(16-10)9-4-5-9/h6-9H,3-5H2,1-2H3,(H,14,16,17). The molecule has 0 radical (unpaired) electrons. The van der Waals surface area contributed by atoms with Crippen molar-refractivity contribution in [3.63, 3.8) is 0 Å². The number of anilines is 1. The van der Waals surface area contributed by atoms with E-state index in [-0.39, 0.29) is 0 Å². The molecule has 0 amide bonds. The minimum atomic E-state index is 0.544. The van der Waals surface area contributed by atoms with Crippen LogP contribution in [0, 0.1) is 0 Å². The summed E-state index contributed by atoms with van der Waals surface area (Å²) in [6, 6.07) is 1.96. The quantitative estimate of drug-likeness (QED) is 0.895. The first-order valence-electron chi connectivity index (χ1n) is 6.40. The van der Waals surface area contributed by atoms with Gasteiger partial charge in [0.25, 0.3) is 0 Å². The molecule has 1 saturated carbocycles. The number of hydrogen-bond donors (Lipinski definition) is 1. The number of aryl methyl sites for hydroxylation is 1. The summed E-state index contributed by atoms with van der Waals surface area (Å²) >= 11 is 0. The SMILES string of the molecule is CCn1ccnc1-c1cc(NC)nc(C2CC2)n1. The smallest absolute Gasteiger partial charge is 0.158 e. The predicted octanol–water partition coefficient (Wildman–Crippen LogP) is 2.28. The fourth-order valence-electron chi connectivity index (χ4n) is 2.03. The summed E-state index contributed by atoms with van der Waals surface area (Å²) in [4.78, 5) is 13.6. The first kappa shape index (κ1) is 11.2. The lowest BCUT2D eigenvalue weighted by Gasteiger charge is -2.08. The molecule has 3 rings (SSSR count). The van der Waals surface area contributed by atoms with Crippen LogP contribution in [0.25, 0.3) is 11.5 Å². The third kappa shape index (κ3) is 1.96. The molecule has 94 valence electrons. The lowest BCUT2D eigenvalue weighted by molar-refractivity contribution is 0.765. The van der Waals surface area contributed by atoms with E-state index in [1.54, 1.807) is 0 Å². The van der Waals surface area contributed by atoms with Gasteiger partial charge in [0.2, 0.25) is 0 Å². The van der Waals surface area contributed by atoms with Crippen LogP contribution in [0.1, 0.15) is 31.5 Å². The highest BCUT2D eigenvalue weighted by Crippen LogP contribution is 2.39. The van der Waals surface area contributed by atoms with Crippen LogP contribution < -0.4 is 5.32 Å². The lowest BCUT2D eigenvalue weighted by Crippen LogP contribution is -2.04. The fourth-order valence-corrected chi connectivity index (χ4v) is 2.03. The largest absolute Gasteiger partial charge is 0.373 e. The summed E-state index contributed by atoms with van der Waals surface area (Å²) in [6.45, 7) is 3.00. The van der Waals surface area contributed by atoms with Crippen molar-refractivity contribution in [2.75, 3.05) is 12.4 Å². The Hall–Kier alpha value is -1.91. The molecule has 5 heteroatoms. The minimum absolute atomic E-state index is 0.544. The minimum Gasteiger partial charge on any atom is -0.373 e. The maximum Gasteiger partial charge on any atom is 0.158 e. The molecule has 2 aromatic heterocycles. The molecular weight excluding hydrogens is 226 g/mol. The average molecular weight is 243 g/mol. The molecule has 5 nitrogen and oxygen atoms in total. The molecule has 0 aromatic carbocycles. The highest BCUT2D eigenvalue weighted by atomic mass is 15.1. The Balaban J connectivity index is 2.07. The lowest BCUT2D eigenvalue weighted by atomic mass is 10.3. The molecule has 0 aliphatic heterocycles. The van der Waals surface area contributed by atoms with Gasteiger partial charge < -0.3 is 9.88 Å². The third-order valence-electron chi connectivity index (χ3n) is 3.23. The van der Waals surface area contributed by atoms with E-state index in [2.05, 4.69) is 31.8 Å². The van der Waals surface area contributed by atoms with Crippen LogP contribution >= 0.6 is 0 Å². The summed E-state index contributed by atoms with van der Waals surface area (Å²) in [5.41, 5.74) is 0.906. The van der Waals surface area contributed by atoms with Crippen molar-refractivity contribution in [1.29, 1.82) is 0 Å². The summed E-state index contributed by atoms with van der Waals surface area (Å²) < 4.78 is 2.10. The molecule has 0 unspecified atom stereocenters. The third-order valence-corrected chi connectivity index (χ3v) is 3.23. The van der Waals surface area contributed by atoms with Gasteiger partial charge in [-0.15, -0.1) is 0 Å². The van der Waals surface area contributed by atoms with Gasteiger partial charge in [-0.05, 0) is 19.8 Å². The van der Waals surface area contributed by atoms with E-state index in [4.69, 9.17) is 0 Å². The molecule has 2 heterocycles. The van der Waals surface area contributed by atoms with E-state index in [0.29, 0.717) is 5.92 Å². The topological polar surface area (TPSA) is 55.6 Å². The second-order valence-electron chi connectivity index (χ2n) is 4.56. The Morgan fingerprint density at radius 3 is 2.89 bits per heavy atom. The molecule has 2 aromatic rings. The number of nitrogens with zero attached hydrogens (tertiary/aromatic N) is 4. The molecule has 0 saturated heterocycles. The van der Waals surface area contributed by atoms with Crippen molar-refractivity contribution in [2.45, 2.75) is 32.2 Å². The maximum atomic E-state index is 4.66. The van der Waals surface area contributed by atoms with Gasteiger partial charge in [0.1, 0.15) is 17.3 Å². The zero-order valence-corrected chi connectivity index (χ0v) is 10.7. The highest BCUT2D eigenvalue weighted by Gasteiger charge is 2.27. The number of rotatable bonds is 4. The van der Waals surface area contributed by atoms with Gasteiger partial charge in [0.15, 0.2) is 5.82 Å². The van der Waals surface area contributed by atoms with E-state index in [9.17, 15) is 0 Å². The molecule has 0 bridgehead atoms. The van der Waals surface area contributed by atoms with Crippen molar-refractivity contribution < 1.29 is 0 Å². The Morgan fingerprint density at radius 2 is 2.22 bits per heavy atom. The van der Waals surface area contributed by atoms with E-state index >= 15 is 0 Å². The number of aromatic nitrogens is 4. The van der Waals surface area contributed by atoms with Crippen LogP contribution in [0.5, 0.6) is 0 Å². The maximum absolute atomic E-state index is 4.66. The van der Waals surface area contributed by atoms with E-state index in [1.807, 2.05) is 25.5 Å². The second kappa shape index (κ2) is 4.40. The zero-order valence-electron chi connectivity index (χ0n) is 10.7. The normalized spacial score (nSPS) is 14.8. The van der Waals surface area contributed by atoms with Crippen molar-refractivity contribution in [1.82, 2.24) is 19.5 Å². The van der Waals surface area contributed by atoms with E-state index in [1.165, 1.54) is 12.8 Å². The molecule has 1 N–H and O–H groups in total.